The van der Waals surface area contributed by atoms with Gasteiger partial charge < -0.3 is 5.73 Å². The maximum Gasteiger partial charge on any atom is 0.123 e. The standard InChI is InChI=1S/C15H18N2S/c1-15(2)8-7-12-13(15)17-14(18-12)11-5-3-10(9-16)4-6-11/h3-6H,7-9,16H2,1-2H3. The quantitative estimate of drug-likeness (QED) is 0.895. The highest BCUT2D eigenvalue weighted by Crippen LogP contribution is 2.42. The number of aromatic nitrogens is 1. The first kappa shape index (κ1) is 11.9. The van der Waals surface area contributed by atoms with Crippen LogP contribution in [0.4, 0.5) is 0 Å². The van der Waals surface area contributed by atoms with Gasteiger partial charge in [-0.25, -0.2) is 4.98 Å². The smallest absolute Gasteiger partial charge is 0.123 e. The highest BCUT2D eigenvalue weighted by atomic mass is 32.1. The summed E-state index contributed by atoms with van der Waals surface area (Å²) in [7, 11) is 0. The second-order valence-electron chi connectivity index (χ2n) is 5.58. The third-order valence-corrected chi connectivity index (χ3v) is 4.92. The number of thiazole rings is 1. The maximum absolute atomic E-state index is 5.62. The SMILES string of the molecule is CC1(C)CCc2sc(-c3ccc(CN)cc3)nc21. The average Bonchev–Trinajstić information content (AvgIpc) is 2.91. The summed E-state index contributed by atoms with van der Waals surface area (Å²) in [6.07, 6.45) is 2.41. The van der Waals surface area contributed by atoms with Crippen molar-refractivity contribution in [2.75, 3.05) is 0 Å². The van der Waals surface area contributed by atoms with Gasteiger partial charge in [-0.2, -0.15) is 0 Å². The normalized spacial score (nSPS) is 16.8. The second kappa shape index (κ2) is 4.18. The van der Waals surface area contributed by atoms with Gasteiger partial charge in [-0.1, -0.05) is 38.1 Å². The number of hydrogen-bond donors (Lipinski definition) is 1. The summed E-state index contributed by atoms with van der Waals surface area (Å²) in [4.78, 5) is 6.33. The van der Waals surface area contributed by atoms with Gasteiger partial charge in [0.15, 0.2) is 0 Å². The summed E-state index contributed by atoms with van der Waals surface area (Å²) in [5.41, 5.74) is 9.56. The number of aryl methyl sites for hydroxylation is 1. The highest BCUT2D eigenvalue weighted by Gasteiger charge is 2.33. The van der Waals surface area contributed by atoms with Gasteiger partial charge in [0.2, 0.25) is 0 Å². The molecule has 1 aromatic carbocycles. The van der Waals surface area contributed by atoms with Crippen LogP contribution in [0.5, 0.6) is 0 Å². The van der Waals surface area contributed by atoms with E-state index in [1.807, 2.05) is 11.3 Å². The van der Waals surface area contributed by atoms with Crippen LogP contribution in [0.15, 0.2) is 24.3 Å². The molecule has 2 aromatic rings. The van der Waals surface area contributed by atoms with Crippen molar-refractivity contribution in [2.45, 2.75) is 38.6 Å². The molecule has 0 saturated carbocycles. The van der Waals surface area contributed by atoms with Gasteiger partial charge in [-0.05, 0) is 18.4 Å². The first-order valence-corrected chi connectivity index (χ1v) is 7.21. The Balaban J connectivity index is 1.98. The molecule has 1 aliphatic carbocycles. The zero-order valence-electron chi connectivity index (χ0n) is 10.9. The lowest BCUT2D eigenvalue weighted by molar-refractivity contribution is 0.510. The molecule has 0 spiro atoms. The van der Waals surface area contributed by atoms with E-state index in [1.54, 1.807) is 0 Å². The van der Waals surface area contributed by atoms with Crippen molar-refractivity contribution < 1.29 is 0 Å². The molecule has 2 nitrogen and oxygen atoms in total. The Bertz CT molecular complexity index is 567. The zero-order valence-corrected chi connectivity index (χ0v) is 11.7. The molecule has 0 unspecified atom stereocenters. The Labute approximate surface area is 112 Å². The zero-order chi connectivity index (χ0) is 12.8. The molecule has 3 heteroatoms. The van der Waals surface area contributed by atoms with E-state index < -0.39 is 0 Å². The number of hydrogen-bond acceptors (Lipinski definition) is 3. The van der Waals surface area contributed by atoms with Crippen LogP contribution in [0.2, 0.25) is 0 Å². The maximum atomic E-state index is 5.62. The number of fused-ring (bicyclic) bond motifs is 1. The van der Waals surface area contributed by atoms with E-state index in [1.165, 1.54) is 34.5 Å². The molecule has 18 heavy (non-hydrogen) atoms. The highest BCUT2D eigenvalue weighted by molar-refractivity contribution is 7.15. The van der Waals surface area contributed by atoms with Gasteiger partial charge >= 0.3 is 0 Å². The molecule has 3 rings (SSSR count). The fourth-order valence-electron chi connectivity index (χ4n) is 2.50. The monoisotopic (exact) mass is 258 g/mol. The van der Waals surface area contributed by atoms with Crippen LogP contribution in [0.3, 0.4) is 0 Å². The molecule has 0 amide bonds. The molecule has 2 N–H and O–H groups in total. The fraction of sp³-hybridized carbons (Fsp3) is 0.400. The number of benzene rings is 1. The van der Waals surface area contributed by atoms with Crippen LogP contribution in [0.25, 0.3) is 10.6 Å². The van der Waals surface area contributed by atoms with Crippen molar-refractivity contribution >= 4 is 11.3 Å². The minimum atomic E-state index is 0.251. The summed E-state index contributed by atoms with van der Waals surface area (Å²) in [5.74, 6) is 0. The van der Waals surface area contributed by atoms with Gasteiger partial charge in [0.1, 0.15) is 5.01 Å². The molecule has 0 fully saturated rings. The summed E-state index contributed by atoms with van der Waals surface area (Å²) < 4.78 is 0. The van der Waals surface area contributed by atoms with Crippen molar-refractivity contribution in [1.82, 2.24) is 4.98 Å². The molecule has 0 bridgehead atoms. The summed E-state index contributed by atoms with van der Waals surface area (Å²) in [6.45, 7) is 5.18. The van der Waals surface area contributed by atoms with Crippen molar-refractivity contribution in [1.29, 1.82) is 0 Å². The second-order valence-corrected chi connectivity index (χ2v) is 6.66. The van der Waals surface area contributed by atoms with E-state index in [0.29, 0.717) is 6.54 Å². The minimum absolute atomic E-state index is 0.251. The lowest BCUT2D eigenvalue weighted by Crippen LogP contribution is -2.12. The third kappa shape index (κ3) is 1.88. The predicted molar refractivity (Wildman–Crippen MR) is 76.8 cm³/mol. The van der Waals surface area contributed by atoms with Crippen LogP contribution in [-0.4, -0.2) is 4.98 Å². The van der Waals surface area contributed by atoms with E-state index in [9.17, 15) is 0 Å². The van der Waals surface area contributed by atoms with E-state index in [-0.39, 0.29) is 5.41 Å². The predicted octanol–water partition coefficient (Wildman–Crippen LogP) is 3.49. The Kier molecular flexibility index (Phi) is 2.76. The molecular weight excluding hydrogens is 240 g/mol. The molecule has 0 atom stereocenters. The molecule has 0 radical (unpaired) electrons. The molecule has 1 aliphatic rings. The van der Waals surface area contributed by atoms with Gasteiger partial charge in [-0.3, -0.25) is 0 Å². The third-order valence-electron chi connectivity index (χ3n) is 3.75. The van der Waals surface area contributed by atoms with E-state index >= 15 is 0 Å². The van der Waals surface area contributed by atoms with Crippen molar-refractivity contribution in [3.8, 4) is 10.6 Å². The average molecular weight is 258 g/mol. The molecule has 1 aromatic heterocycles. The largest absolute Gasteiger partial charge is 0.326 e. The Morgan fingerprint density at radius 3 is 2.61 bits per heavy atom. The number of nitrogens with two attached hydrogens (primary N) is 1. The topological polar surface area (TPSA) is 38.9 Å². The Morgan fingerprint density at radius 2 is 2.00 bits per heavy atom. The molecule has 0 aliphatic heterocycles. The van der Waals surface area contributed by atoms with E-state index in [4.69, 9.17) is 10.7 Å². The fourth-order valence-corrected chi connectivity index (χ4v) is 3.75. The van der Waals surface area contributed by atoms with E-state index in [0.717, 1.165) is 5.01 Å². The minimum Gasteiger partial charge on any atom is -0.326 e. The first-order valence-electron chi connectivity index (χ1n) is 6.40. The summed E-state index contributed by atoms with van der Waals surface area (Å²) in [5, 5.41) is 1.15. The summed E-state index contributed by atoms with van der Waals surface area (Å²) in [6, 6.07) is 8.44. The Hall–Kier alpha value is -1.19. The van der Waals surface area contributed by atoms with Crippen LogP contribution in [0, 0.1) is 0 Å². The van der Waals surface area contributed by atoms with Crippen LogP contribution < -0.4 is 5.73 Å². The molecule has 1 heterocycles. The van der Waals surface area contributed by atoms with Crippen LogP contribution in [0.1, 0.15) is 36.4 Å². The van der Waals surface area contributed by atoms with Gasteiger partial charge in [0, 0.05) is 22.4 Å². The lowest BCUT2D eigenvalue weighted by Gasteiger charge is -2.15. The van der Waals surface area contributed by atoms with Crippen LogP contribution in [-0.2, 0) is 18.4 Å². The Morgan fingerprint density at radius 1 is 1.28 bits per heavy atom. The lowest BCUT2D eigenvalue weighted by atomic mass is 9.91. The van der Waals surface area contributed by atoms with Crippen molar-refractivity contribution in [3.63, 3.8) is 0 Å². The van der Waals surface area contributed by atoms with E-state index in [2.05, 4.69) is 38.1 Å². The van der Waals surface area contributed by atoms with Gasteiger partial charge in [0.05, 0.1) is 5.69 Å². The number of rotatable bonds is 2. The van der Waals surface area contributed by atoms with Gasteiger partial charge in [-0.15, -0.1) is 11.3 Å². The molecule has 0 saturated heterocycles. The van der Waals surface area contributed by atoms with Crippen molar-refractivity contribution in [2.24, 2.45) is 5.73 Å². The van der Waals surface area contributed by atoms with Crippen LogP contribution >= 0.6 is 11.3 Å². The molecular formula is C15H18N2S. The van der Waals surface area contributed by atoms with Gasteiger partial charge in [0.25, 0.3) is 0 Å². The van der Waals surface area contributed by atoms with Crippen molar-refractivity contribution in [3.05, 3.63) is 40.4 Å². The first-order chi connectivity index (χ1) is 8.60. The number of nitrogens with zero attached hydrogens (tertiary/aromatic N) is 1. The summed E-state index contributed by atoms with van der Waals surface area (Å²) >= 11 is 1.85. The molecule has 94 valence electrons.